The third-order valence-corrected chi connectivity index (χ3v) is 2.32. The average Bonchev–Trinajstić information content (AvgIpc) is 2.00. The van der Waals surface area contributed by atoms with Gasteiger partial charge in [-0.3, -0.25) is 4.79 Å². The number of methoxy groups -OCH3 is 1. The van der Waals surface area contributed by atoms with Crippen LogP contribution in [-0.2, 0) is 24.2 Å². The van der Waals surface area contributed by atoms with E-state index in [0.29, 0.717) is 0 Å². The van der Waals surface area contributed by atoms with E-state index in [1.54, 1.807) is 0 Å². The van der Waals surface area contributed by atoms with Crippen molar-refractivity contribution >= 4 is 21.7 Å². The molecule has 1 atom stereocenters. The summed E-state index contributed by atoms with van der Waals surface area (Å²) in [5, 5.41) is 10.7. The standard InChI is InChI=1S/C7H13NO6S/c1-14-3-6(9)8-5(7(10)11)4-15(2,12)13/h5H,3-4H2,1-2H3,(H,8,9)(H,10,11). The average molecular weight is 239 g/mol. The molecule has 0 rings (SSSR count). The molecule has 0 aliphatic carbocycles. The van der Waals surface area contributed by atoms with Crippen LogP contribution in [0.1, 0.15) is 0 Å². The molecule has 0 radical (unpaired) electrons. The molecule has 2 N–H and O–H groups in total. The number of carboxylic acids is 1. The quantitative estimate of drug-likeness (QED) is 0.568. The van der Waals surface area contributed by atoms with Gasteiger partial charge in [0.15, 0.2) is 0 Å². The van der Waals surface area contributed by atoms with Crippen LogP contribution in [0.25, 0.3) is 0 Å². The molecule has 0 bridgehead atoms. The Hall–Kier alpha value is -1.15. The Morgan fingerprint density at radius 2 is 2.00 bits per heavy atom. The number of carbonyl (C=O) groups excluding carboxylic acids is 1. The van der Waals surface area contributed by atoms with E-state index in [9.17, 15) is 18.0 Å². The molecule has 0 aromatic carbocycles. The van der Waals surface area contributed by atoms with Gasteiger partial charge < -0.3 is 15.2 Å². The Morgan fingerprint density at radius 3 is 2.33 bits per heavy atom. The minimum absolute atomic E-state index is 0.312. The van der Waals surface area contributed by atoms with Crippen LogP contribution in [0, 0.1) is 0 Å². The molecule has 8 heteroatoms. The van der Waals surface area contributed by atoms with Gasteiger partial charge in [0, 0.05) is 13.4 Å². The Bertz CT molecular complexity index is 335. The number of hydrogen-bond donors (Lipinski definition) is 2. The predicted octanol–water partition coefficient (Wildman–Crippen LogP) is -1.75. The maximum Gasteiger partial charge on any atom is 0.327 e. The van der Waals surface area contributed by atoms with Crippen molar-refractivity contribution < 1.29 is 27.9 Å². The van der Waals surface area contributed by atoms with Gasteiger partial charge in [-0.1, -0.05) is 0 Å². The van der Waals surface area contributed by atoms with Gasteiger partial charge in [-0.15, -0.1) is 0 Å². The van der Waals surface area contributed by atoms with Crippen LogP contribution >= 0.6 is 0 Å². The lowest BCUT2D eigenvalue weighted by Gasteiger charge is -2.12. The van der Waals surface area contributed by atoms with Crippen LogP contribution in [0.15, 0.2) is 0 Å². The van der Waals surface area contributed by atoms with E-state index in [1.807, 2.05) is 5.32 Å². The van der Waals surface area contributed by atoms with Crippen LogP contribution in [0.3, 0.4) is 0 Å². The van der Waals surface area contributed by atoms with Gasteiger partial charge in [0.25, 0.3) is 0 Å². The van der Waals surface area contributed by atoms with Gasteiger partial charge in [-0.2, -0.15) is 0 Å². The SMILES string of the molecule is COCC(=O)NC(CS(C)(=O)=O)C(=O)O. The number of carbonyl (C=O) groups is 2. The van der Waals surface area contributed by atoms with Crippen molar-refractivity contribution in [3.05, 3.63) is 0 Å². The Morgan fingerprint density at radius 1 is 1.47 bits per heavy atom. The van der Waals surface area contributed by atoms with Gasteiger partial charge in [0.1, 0.15) is 22.5 Å². The number of nitrogens with one attached hydrogen (secondary N) is 1. The molecule has 0 aromatic rings. The van der Waals surface area contributed by atoms with Crippen molar-refractivity contribution in [1.82, 2.24) is 5.32 Å². The zero-order valence-electron chi connectivity index (χ0n) is 8.39. The fourth-order valence-electron chi connectivity index (χ4n) is 0.845. The minimum atomic E-state index is -3.47. The van der Waals surface area contributed by atoms with Crippen LogP contribution in [-0.4, -0.2) is 57.2 Å². The lowest BCUT2D eigenvalue weighted by atomic mass is 10.3. The molecule has 7 nitrogen and oxygen atoms in total. The second-order valence-corrected chi connectivity index (χ2v) is 5.17. The van der Waals surface area contributed by atoms with Gasteiger partial charge in [-0.25, -0.2) is 13.2 Å². The molecule has 0 heterocycles. The summed E-state index contributed by atoms with van der Waals surface area (Å²) in [5.74, 6) is -2.71. The van der Waals surface area contributed by atoms with Crippen molar-refractivity contribution in [1.29, 1.82) is 0 Å². The highest BCUT2D eigenvalue weighted by Gasteiger charge is 2.24. The highest BCUT2D eigenvalue weighted by molar-refractivity contribution is 7.90. The van der Waals surface area contributed by atoms with Crippen LogP contribution in [0.4, 0.5) is 0 Å². The number of aliphatic carboxylic acids is 1. The van der Waals surface area contributed by atoms with E-state index in [4.69, 9.17) is 5.11 Å². The van der Waals surface area contributed by atoms with E-state index in [-0.39, 0.29) is 6.61 Å². The molecular weight excluding hydrogens is 226 g/mol. The number of amides is 1. The summed E-state index contributed by atoms with van der Waals surface area (Å²) in [6.45, 7) is -0.312. The van der Waals surface area contributed by atoms with Crippen molar-refractivity contribution in [2.24, 2.45) is 0 Å². The molecule has 15 heavy (non-hydrogen) atoms. The molecule has 0 aliphatic heterocycles. The summed E-state index contributed by atoms with van der Waals surface area (Å²) in [5.41, 5.74) is 0. The summed E-state index contributed by atoms with van der Waals surface area (Å²) in [7, 11) is -2.20. The number of sulfone groups is 1. The van der Waals surface area contributed by atoms with E-state index in [2.05, 4.69) is 4.74 Å². The van der Waals surface area contributed by atoms with Crippen molar-refractivity contribution in [3.63, 3.8) is 0 Å². The molecular formula is C7H13NO6S. The van der Waals surface area contributed by atoms with Crippen LogP contribution in [0.2, 0.25) is 0 Å². The molecule has 0 aliphatic rings. The normalized spacial score (nSPS) is 13.2. The molecule has 0 spiro atoms. The smallest absolute Gasteiger partial charge is 0.327 e. The fourth-order valence-corrected chi connectivity index (χ4v) is 1.68. The summed E-state index contributed by atoms with van der Waals surface area (Å²) in [6.07, 6.45) is 0.894. The maximum absolute atomic E-state index is 10.9. The number of hydrogen-bond acceptors (Lipinski definition) is 5. The Labute approximate surface area is 87.3 Å². The number of carboxylic acid groups (broad SMARTS) is 1. The second-order valence-electron chi connectivity index (χ2n) is 2.98. The fraction of sp³-hybridized carbons (Fsp3) is 0.714. The van der Waals surface area contributed by atoms with E-state index < -0.39 is 33.5 Å². The lowest BCUT2D eigenvalue weighted by molar-refractivity contribution is -0.141. The first kappa shape index (κ1) is 13.8. The monoisotopic (exact) mass is 239 g/mol. The second kappa shape index (κ2) is 5.66. The minimum Gasteiger partial charge on any atom is -0.480 e. The lowest BCUT2D eigenvalue weighted by Crippen LogP contribution is -2.46. The maximum atomic E-state index is 10.9. The molecule has 1 amide bonds. The molecule has 0 aromatic heterocycles. The molecule has 88 valence electrons. The molecule has 0 fully saturated rings. The first-order chi connectivity index (χ1) is 6.76. The van der Waals surface area contributed by atoms with E-state index >= 15 is 0 Å². The number of rotatable bonds is 6. The zero-order valence-corrected chi connectivity index (χ0v) is 9.20. The van der Waals surface area contributed by atoms with E-state index in [1.165, 1.54) is 7.11 Å². The summed E-state index contributed by atoms with van der Waals surface area (Å²) >= 11 is 0. The summed E-state index contributed by atoms with van der Waals surface area (Å²) in [6, 6.07) is -1.44. The Kier molecular flexibility index (Phi) is 5.23. The summed E-state index contributed by atoms with van der Waals surface area (Å²) in [4.78, 5) is 21.5. The third-order valence-electron chi connectivity index (χ3n) is 1.38. The van der Waals surface area contributed by atoms with Crippen molar-refractivity contribution in [2.75, 3.05) is 25.7 Å². The summed E-state index contributed by atoms with van der Waals surface area (Å²) < 4.78 is 26.1. The first-order valence-corrected chi connectivity index (χ1v) is 6.01. The van der Waals surface area contributed by atoms with Gasteiger partial charge in [0.05, 0.1) is 5.75 Å². The largest absolute Gasteiger partial charge is 0.480 e. The Balaban J connectivity index is 4.43. The van der Waals surface area contributed by atoms with Crippen molar-refractivity contribution in [2.45, 2.75) is 6.04 Å². The predicted molar refractivity (Wildman–Crippen MR) is 51.2 cm³/mol. The molecule has 0 saturated heterocycles. The van der Waals surface area contributed by atoms with Gasteiger partial charge in [-0.05, 0) is 0 Å². The zero-order chi connectivity index (χ0) is 12.1. The molecule has 1 unspecified atom stereocenters. The van der Waals surface area contributed by atoms with Gasteiger partial charge >= 0.3 is 5.97 Å². The highest BCUT2D eigenvalue weighted by atomic mass is 32.2. The first-order valence-electron chi connectivity index (χ1n) is 3.95. The number of ether oxygens (including phenoxy) is 1. The third kappa shape index (κ3) is 6.86. The molecule has 0 saturated carbocycles. The van der Waals surface area contributed by atoms with Crippen molar-refractivity contribution in [3.8, 4) is 0 Å². The van der Waals surface area contributed by atoms with Crippen LogP contribution in [0.5, 0.6) is 0 Å². The van der Waals surface area contributed by atoms with Crippen LogP contribution < -0.4 is 5.32 Å². The van der Waals surface area contributed by atoms with Gasteiger partial charge in [0.2, 0.25) is 5.91 Å². The topological polar surface area (TPSA) is 110 Å². The highest BCUT2D eigenvalue weighted by Crippen LogP contribution is 1.92. The van der Waals surface area contributed by atoms with E-state index in [0.717, 1.165) is 6.26 Å².